The third kappa shape index (κ3) is 4.99. The molecule has 0 radical (unpaired) electrons. The average molecular weight is 460 g/mol. The molecule has 10 heteroatoms. The van der Waals surface area contributed by atoms with Crippen molar-refractivity contribution in [2.24, 2.45) is 0 Å². The lowest BCUT2D eigenvalue weighted by atomic mass is 10.2. The van der Waals surface area contributed by atoms with Crippen LogP contribution >= 0.6 is 12.4 Å². The number of rotatable bonds is 6. The van der Waals surface area contributed by atoms with Gasteiger partial charge < -0.3 is 19.5 Å². The van der Waals surface area contributed by atoms with Crippen LogP contribution in [0.3, 0.4) is 0 Å². The Labute approximate surface area is 191 Å². The molecule has 1 unspecified atom stereocenters. The van der Waals surface area contributed by atoms with E-state index < -0.39 is 5.82 Å². The Morgan fingerprint density at radius 2 is 1.97 bits per heavy atom. The van der Waals surface area contributed by atoms with Crippen molar-refractivity contribution in [2.75, 3.05) is 38.7 Å². The average Bonchev–Trinajstić information content (AvgIpc) is 2.80. The van der Waals surface area contributed by atoms with E-state index in [0.717, 1.165) is 13.1 Å². The molecule has 1 atom stereocenters. The number of methoxy groups -OCH3 is 1. The van der Waals surface area contributed by atoms with E-state index in [9.17, 15) is 4.39 Å². The molecule has 2 aromatic carbocycles. The molecule has 1 aliphatic heterocycles. The second kappa shape index (κ2) is 10.4. The molecule has 1 aromatic heterocycles. The van der Waals surface area contributed by atoms with Gasteiger partial charge in [-0.1, -0.05) is 0 Å². The number of ether oxygens (including phenoxy) is 3. The summed E-state index contributed by atoms with van der Waals surface area (Å²) in [5.74, 6) is 0.950. The molecule has 2 heterocycles. The predicted molar refractivity (Wildman–Crippen MR) is 120 cm³/mol. The van der Waals surface area contributed by atoms with E-state index in [0.29, 0.717) is 41.4 Å². The van der Waals surface area contributed by atoms with Gasteiger partial charge in [-0.3, -0.25) is 4.90 Å². The van der Waals surface area contributed by atoms with Gasteiger partial charge in [0, 0.05) is 24.5 Å². The highest BCUT2D eigenvalue weighted by Crippen LogP contribution is 2.35. The molecule has 3 aromatic rings. The van der Waals surface area contributed by atoms with Crippen LogP contribution in [0, 0.1) is 17.1 Å². The fraction of sp³-hybridized carbons (Fsp3) is 0.318. The number of hydrogen-bond donors (Lipinski definition) is 1. The van der Waals surface area contributed by atoms with E-state index in [1.54, 1.807) is 19.2 Å². The predicted octanol–water partition coefficient (Wildman–Crippen LogP) is 3.87. The minimum absolute atomic E-state index is 0. The summed E-state index contributed by atoms with van der Waals surface area (Å²) in [6.45, 7) is 4.93. The van der Waals surface area contributed by atoms with Crippen LogP contribution in [-0.4, -0.2) is 54.5 Å². The molecule has 4 rings (SSSR count). The van der Waals surface area contributed by atoms with Gasteiger partial charge in [0.05, 0.1) is 43.2 Å². The zero-order valence-corrected chi connectivity index (χ0v) is 18.5. The lowest BCUT2D eigenvalue weighted by Crippen LogP contribution is -2.44. The molecule has 1 N–H and O–H groups in total. The first-order chi connectivity index (χ1) is 15.1. The number of benzene rings is 2. The molecular formula is C22H23ClFN5O3. The van der Waals surface area contributed by atoms with E-state index in [1.807, 2.05) is 13.0 Å². The van der Waals surface area contributed by atoms with E-state index in [-0.39, 0.29) is 29.9 Å². The molecule has 1 fully saturated rings. The topological polar surface area (TPSA) is 92.5 Å². The monoisotopic (exact) mass is 459 g/mol. The maximum absolute atomic E-state index is 14.3. The first-order valence-electron chi connectivity index (χ1n) is 9.87. The Kier molecular flexibility index (Phi) is 7.64. The van der Waals surface area contributed by atoms with Gasteiger partial charge in [0.15, 0.2) is 11.5 Å². The molecule has 168 valence electrons. The number of aromatic nitrogens is 2. The third-order valence-electron chi connectivity index (χ3n) is 5.13. The summed E-state index contributed by atoms with van der Waals surface area (Å²) in [7, 11) is 1.56. The number of nitrogens with one attached hydrogen (secondary N) is 1. The van der Waals surface area contributed by atoms with Crippen molar-refractivity contribution in [2.45, 2.75) is 13.2 Å². The summed E-state index contributed by atoms with van der Waals surface area (Å²) in [5.41, 5.74) is 1.07. The summed E-state index contributed by atoms with van der Waals surface area (Å²) in [6.07, 6.45) is 1.23. The van der Waals surface area contributed by atoms with E-state index in [2.05, 4.69) is 20.2 Å². The van der Waals surface area contributed by atoms with Crippen molar-refractivity contribution >= 4 is 34.8 Å². The van der Waals surface area contributed by atoms with Gasteiger partial charge in [0.1, 0.15) is 24.2 Å². The van der Waals surface area contributed by atoms with E-state index >= 15 is 0 Å². The van der Waals surface area contributed by atoms with Crippen molar-refractivity contribution in [1.82, 2.24) is 14.9 Å². The van der Waals surface area contributed by atoms with E-state index in [1.165, 1.54) is 24.5 Å². The van der Waals surface area contributed by atoms with Crippen LogP contribution in [0.1, 0.15) is 12.5 Å². The van der Waals surface area contributed by atoms with Crippen molar-refractivity contribution in [1.29, 1.82) is 5.26 Å². The summed E-state index contributed by atoms with van der Waals surface area (Å²) in [5, 5.41) is 12.5. The van der Waals surface area contributed by atoms with Gasteiger partial charge >= 0.3 is 0 Å². The first-order valence-corrected chi connectivity index (χ1v) is 9.87. The summed E-state index contributed by atoms with van der Waals surface area (Å²) >= 11 is 0. The number of hydrogen-bond acceptors (Lipinski definition) is 8. The second-order valence-electron chi connectivity index (χ2n) is 7.04. The largest absolute Gasteiger partial charge is 0.493 e. The Bertz CT molecular complexity index is 1130. The Morgan fingerprint density at radius 3 is 2.66 bits per heavy atom. The molecule has 0 saturated carbocycles. The number of nitriles is 1. The van der Waals surface area contributed by atoms with Crippen LogP contribution < -0.4 is 14.8 Å². The van der Waals surface area contributed by atoms with Crippen LogP contribution in [-0.2, 0) is 4.74 Å². The van der Waals surface area contributed by atoms with Crippen LogP contribution in [0.5, 0.6) is 11.5 Å². The normalized spacial score (nSPS) is 14.8. The van der Waals surface area contributed by atoms with Crippen molar-refractivity contribution in [3.05, 3.63) is 48.0 Å². The van der Waals surface area contributed by atoms with Gasteiger partial charge in [-0.15, -0.1) is 12.4 Å². The number of fused-ring (bicyclic) bond motifs is 1. The van der Waals surface area contributed by atoms with Gasteiger partial charge in [-0.05, 0) is 31.2 Å². The second-order valence-corrected chi connectivity index (χ2v) is 7.04. The SMILES string of the molecule is COc1cc2c(Nc3ccc(C#N)cc3F)ncnc2cc1OC(C)N1CCOCC1.Cl. The quantitative estimate of drug-likeness (QED) is 0.593. The molecule has 1 aliphatic rings. The highest BCUT2D eigenvalue weighted by Gasteiger charge is 2.21. The lowest BCUT2D eigenvalue weighted by molar-refractivity contribution is -0.0379. The lowest BCUT2D eigenvalue weighted by Gasteiger charge is -2.32. The molecule has 8 nitrogen and oxygen atoms in total. The molecule has 1 saturated heterocycles. The minimum Gasteiger partial charge on any atom is -0.493 e. The van der Waals surface area contributed by atoms with Crippen molar-refractivity contribution in [3.63, 3.8) is 0 Å². The smallest absolute Gasteiger partial charge is 0.165 e. The highest BCUT2D eigenvalue weighted by atomic mass is 35.5. The van der Waals surface area contributed by atoms with Crippen LogP contribution in [0.4, 0.5) is 15.9 Å². The maximum atomic E-state index is 14.3. The van der Waals surface area contributed by atoms with Crippen LogP contribution in [0.15, 0.2) is 36.7 Å². The van der Waals surface area contributed by atoms with Gasteiger partial charge in [0.2, 0.25) is 0 Å². The summed E-state index contributed by atoms with van der Waals surface area (Å²) in [6, 6.07) is 9.67. The fourth-order valence-electron chi connectivity index (χ4n) is 3.43. The molecule has 0 spiro atoms. The Balaban J connectivity index is 0.00000289. The summed E-state index contributed by atoms with van der Waals surface area (Å²) in [4.78, 5) is 10.8. The third-order valence-corrected chi connectivity index (χ3v) is 5.13. The molecular weight excluding hydrogens is 437 g/mol. The standard InChI is InChI=1S/C22H22FN5O3.ClH/c1-14(28-5-7-30-8-6-28)31-21-11-19-16(10-20(21)29-2)22(26-13-25-19)27-18-4-3-15(12-24)9-17(18)23;/h3-4,9-11,13-14H,5-8H2,1-2H3,(H,25,26,27);1H. The van der Waals surface area contributed by atoms with Crippen LogP contribution in [0.2, 0.25) is 0 Å². The van der Waals surface area contributed by atoms with E-state index in [4.69, 9.17) is 19.5 Å². The zero-order valence-electron chi connectivity index (χ0n) is 17.7. The first kappa shape index (κ1) is 23.5. The number of anilines is 2. The molecule has 0 aliphatic carbocycles. The highest BCUT2D eigenvalue weighted by molar-refractivity contribution is 5.93. The maximum Gasteiger partial charge on any atom is 0.165 e. The van der Waals surface area contributed by atoms with Crippen LogP contribution in [0.25, 0.3) is 10.9 Å². The molecule has 0 bridgehead atoms. The van der Waals surface area contributed by atoms with Crippen molar-refractivity contribution in [3.8, 4) is 17.6 Å². The van der Waals surface area contributed by atoms with Crippen molar-refractivity contribution < 1.29 is 18.6 Å². The van der Waals surface area contributed by atoms with Gasteiger partial charge in [-0.25, -0.2) is 14.4 Å². The summed E-state index contributed by atoms with van der Waals surface area (Å²) < 4.78 is 31.4. The molecule has 0 amide bonds. The number of morpholine rings is 1. The number of nitrogens with zero attached hydrogens (tertiary/aromatic N) is 4. The fourth-order valence-corrected chi connectivity index (χ4v) is 3.43. The Hall–Kier alpha value is -3.19. The van der Waals surface area contributed by atoms with Gasteiger partial charge in [-0.2, -0.15) is 5.26 Å². The zero-order chi connectivity index (χ0) is 21.8. The van der Waals surface area contributed by atoms with Gasteiger partial charge in [0.25, 0.3) is 0 Å². The minimum atomic E-state index is -0.544. The number of halogens is 2. The Morgan fingerprint density at radius 1 is 1.19 bits per heavy atom. The molecule has 32 heavy (non-hydrogen) atoms.